The minimum absolute atomic E-state index is 0.0474. The summed E-state index contributed by atoms with van der Waals surface area (Å²) >= 11 is 5.89. The molecule has 2 aromatic rings. The van der Waals surface area contributed by atoms with Crippen LogP contribution in [0.2, 0.25) is 5.02 Å². The molecule has 0 unspecified atom stereocenters. The first-order chi connectivity index (χ1) is 12.1. The van der Waals surface area contributed by atoms with E-state index in [2.05, 4.69) is 22.7 Å². The molecule has 1 aromatic heterocycles. The Balaban J connectivity index is 1.79. The maximum absolute atomic E-state index is 12.6. The fourth-order valence-corrected chi connectivity index (χ4v) is 3.77. The molecule has 0 saturated heterocycles. The second-order valence-corrected chi connectivity index (χ2v) is 7.06. The molecule has 1 heterocycles. The molecule has 1 saturated carbocycles. The van der Waals surface area contributed by atoms with Crippen molar-refractivity contribution in [2.24, 2.45) is 5.92 Å². The normalized spacial score (nSPS) is 20.7. The van der Waals surface area contributed by atoms with Crippen LogP contribution >= 0.6 is 11.6 Å². The van der Waals surface area contributed by atoms with Crippen molar-refractivity contribution in [3.63, 3.8) is 0 Å². The Hall–Kier alpha value is -1.68. The Kier molecular flexibility index (Phi) is 5.89. The van der Waals surface area contributed by atoms with Gasteiger partial charge in [0.2, 0.25) is 0 Å². The van der Waals surface area contributed by atoms with E-state index in [4.69, 9.17) is 11.6 Å². The minimum Gasteiger partial charge on any atom is -0.434 e. The van der Waals surface area contributed by atoms with E-state index < -0.39 is 6.61 Å². The molecule has 0 spiro atoms. The molecule has 134 valence electrons. The third-order valence-corrected chi connectivity index (χ3v) is 5.35. The summed E-state index contributed by atoms with van der Waals surface area (Å²) in [6.45, 7) is -0.641. The number of pyridine rings is 1. The lowest BCUT2D eigenvalue weighted by Gasteiger charge is -2.27. The third kappa shape index (κ3) is 4.49. The first kappa shape index (κ1) is 18.1. The third-order valence-electron chi connectivity index (χ3n) is 5.12. The van der Waals surface area contributed by atoms with Gasteiger partial charge in [-0.25, -0.2) is 0 Å². The molecule has 0 N–H and O–H groups in total. The highest BCUT2D eigenvalue weighted by molar-refractivity contribution is 6.30. The van der Waals surface area contributed by atoms with Crippen LogP contribution in [0.1, 0.15) is 50.5 Å². The van der Waals surface area contributed by atoms with Gasteiger partial charge in [-0.15, -0.1) is 0 Å². The SMILES string of the molecule is CCC1CCC(c2ccc(-c3ccc(Cl)cc3OC(F)F)nc2)CC1. The zero-order valence-electron chi connectivity index (χ0n) is 14.2. The molecule has 25 heavy (non-hydrogen) atoms. The first-order valence-corrected chi connectivity index (χ1v) is 9.15. The molecular weight excluding hydrogens is 344 g/mol. The van der Waals surface area contributed by atoms with Gasteiger partial charge >= 0.3 is 6.61 Å². The summed E-state index contributed by atoms with van der Waals surface area (Å²) in [6, 6.07) is 8.64. The standard InChI is InChI=1S/C20H22ClF2NO/c1-2-13-3-5-14(6-4-13)15-7-10-18(24-12-15)17-9-8-16(21)11-19(17)25-20(22)23/h7-14,20H,2-6H2,1H3. The summed E-state index contributed by atoms with van der Waals surface area (Å²) in [5, 5.41) is 0.351. The molecule has 1 aliphatic carbocycles. The Bertz CT molecular complexity index is 697. The highest BCUT2D eigenvalue weighted by Gasteiger charge is 2.21. The van der Waals surface area contributed by atoms with Crippen LogP contribution in [0.4, 0.5) is 8.78 Å². The second-order valence-electron chi connectivity index (χ2n) is 6.62. The van der Waals surface area contributed by atoms with E-state index in [0.29, 0.717) is 22.2 Å². The molecule has 1 aliphatic rings. The van der Waals surface area contributed by atoms with Gasteiger partial charge < -0.3 is 4.74 Å². The van der Waals surface area contributed by atoms with Crippen molar-refractivity contribution in [3.8, 4) is 17.0 Å². The van der Waals surface area contributed by atoms with Gasteiger partial charge in [0, 0.05) is 16.8 Å². The Morgan fingerprint density at radius 2 is 1.92 bits per heavy atom. The van der Waals surface area contributed by atoms with Crippen LogP contribution in [-0.2, 0) is 0 Å². The number of nitrogens with zero attached hydrogens (tertiary/aromatic N) is 1. The van der Waals surface area contributed by atoms with Crippen LogP contribution in [-0.4, -0.2) is 11.6 Å². The topological polar surface area (TPSA) is 22.1 Å². The smallest absolute Gasteiger partial charge is 0.387 e. The number of ether oxygens (including phenoxy) is 1. The van der Waals surface area contributed by atoms with Gasteiger partial charge in [0.25, 0.3) is 0 Å². The second kappa shape index (κ2) is 8.13. The maximum Gasteiger partial charge on any atom is 0.387 e. The van der Waals surface area contributed by atoms with Crippen LogP contribution in [0.15, 0.2) is 36.5 Å². The van der Waals surface area contributed by atoms with Crippen molar-refractivity contribution in [1.29, 1.82) is 0 Å². The van der Waals surface area contributed by atoms with Crippen molar-refractivity contribution in [2.45, 2.75) is 51.6 Å². The molecule has 2 nitrogen and oxygen atoms in total. The summed E-state index contributed by atoms with van der Waals surface area (Å²) in [7, 11) is 0. The summed E-state index contributed by atoms with van der Waals surface area (Å²) in [5.41, 5.74) is 2.35. The molecule has 0 atom stereocenters. The largest absolute Gasteiger partial charge is 0.434 e. The number of aromatic nitrogens is 1. The summed E-state index contributed by atoms with van der Waals surface area (Å²) in [4.78, 5) is 4.49. The van der Waals surface area contributed by atoms with Gasteiger partial charge in [-0.2, -0.15) is 8.78 Å². The van der Waals surface area contributed by atoms with E-state index in [1.807, 2.05) is 12.3 Å². The van der Waals surface area contributed by atoms with Gasteiger partial charge in [-0.05, 0) is 67.3 Å². The number of benzene rings is 1. The minimum atomic E-state index is -2.90. The summed E-state index contributed by atoms with van der Waals surface area (Å²) in [6.07, 6.45) is 8.06. The lowest BCUT2D eigenvalue weighted by Crippen LogP contribution is -2.12. The van der Waals surface area contributed by atoms with Gasteiger partial charge in [0.1, 0.15) is 5.75 Å². The average Bonchev–Trinajstić information content (AvgIpc) is 2.62. The number of rotatable bonds is 5. The fourth-order valence-electron chi connectivity index (χ4n) is 3.61. The van der Waals surface area contributed by atoms with Gasteiger partial charge in [-0.3, -0.25) is 4.98 Å². The maximum atomic E-state index is 12.6. The average molecular weight is 366 g/mol. The van der Waals surface area contributed by atoms with Crippen LogP contribution in [0, 0.1) is 5.92 Å². The molecule has 3 rings (SSSR count). The molecule has 0 radical (unpaired) electrons. The predicted octanol–water partition coefficient (Wildman–Crippen LogP) is 6.69. The molecule has 1 fully saturated rings. The molecule has 1 aromatic carbocycles. The van der Waals surface area contributed by atoms with Crippen LogP contribution in [0.25, 0.3) is 11.3 Å². The van der Waals surface area contributed by atoms with E-state index >= 15 is 0 Å². The molecule has 0 bridgehead atoms. The summed E-state index contributed by atoms with van der Waals surface area (Å²) in [5.74, 6) is 1.45. The number of hydrogen-bond acceptors (Lipinski definition) is 2. The Morgan fingerprint density at radius 3 is 2.52 bits per heavy atom. The van der Waals surface area contributed by atoms with E-state index in [0.717, 1.165) is 5.92 Å². The number of halogens is 3. The Morgan fingerprint density at radius 1 is 1.16 bits per heavy atom. The molecule has 5 heteroatoms. The van der Waals surface area contributed by atoms with E-state index in [9.17, 15) is 8.78 Å². The van der Waals surface area contributed by atoms with E-state index in [1.54, 1.807) is 12.1 Å². The van der Waals surface area contributed by atoms with Gasteiger partial charge in [0.15, 0.2) is 0 Å². The van der Waals surface area contributed by atoms with Gasteiger partial charge in [-0.1, -0.05) is 31.0 Å². The zero-order valence-corrected chi connectivity index (χ0v) is 15.0. The zero-order chi connectivity index (χ0) is 17.8. The quantitative estimate of drug-likeness (QED) is 0.589. The lowest BCUT2D eigenvalue weighted by atomic mass is 9.78. The van der Waals surface area contributed by atoms with Gasteiger partial charge in [0.05, 0.1) is 5.69 Å². The fraction of sp³-hybridized carbons (Fsp3) is 0.450. The van der Waals surface area contributed by atoms with Crippen molar-refractivity contribution >= 4 is 11.6 Å². The summed E-state index contributed by atoms with van der Waals surface area (Å²) < 4.78 is 29.9. The first-order valence-electron chi connectivity index (χ1n) is 8.77. The molecular formula is C20H22ClF2NO. The number of hydrogen-bond donors (Lipinski definition) is 0. The highest BCUT2D eigenvalue weighted by atomic mass is 35.5. The van der Waals surface area contributed by atoms with Crippen LogP contribution in [0.5, 0.6) is 5.75 Å². The Labute approximate surface area is 152 Å². The predicted molar refractivity (Wildman–Crippen MR) is 96.3 cm³/mol. The van der Waals surface area contributed by atoms with E-state index in [1.165, 1.54) is 43.7 Å². The monoisotopic (exact) mass is 365 g/mol. The van der Waals surface area contributed by atoms with Crippen molar-refractivity contribution < 1.29 is 13.5 Å². The van der Waals surface area contributed by atoms with Crippen molar-refractivity contribution in [3.05, 3.63) is 47.1 Å². The van der Waals surface area contributed by atoms with Crippen molar-refractivity contribution in [2.75, 3.05) is 0 Å². The molecule has 0 aliphatic heterocycles. The highest BCUT2D eigenvalue weighted by Crippen LogP contribution is 2.38. The van der Waals surface area contributed by atoms with Crippen LogP contribution < -0.4 is 4.74 Å². The lowest BCUT2D eigenvalue weighted by molar-refractivity contribution is -0.0494. The molecule has 0 amide bonds. The van der Waals surface area contributed by atoms with Crippen LogP contribution in [0.3, 0.4) is 0 Å². The number of alkyl halides is 2. The van der Waals surface area contributed by atoms with Crippen molar-refractivity contribution in [1.82, 2.24) is 4.98 Å². The van der Waals surface area contributed by atoms with E-state index in [-0.39, 0.29) is 5.75 Å².